The fourth-order valence-corrected chi connectivity index (χ4v) is 2.42. The largest absolute Gasteiger partial charge is 0.385 e. The molecule has 2 heterocycles. The molecule has 2 N–H and O–H groups in total. The summed E-state index contributed by atoms with van der Waals surface area (Å²) in [7, 11) is 0. The first kappa shape index (κ1) is 12.8. The molecule has 18 heavy (non-hydrogen) atoms. The minimum atomic E-state index is 0.516. The van der Waals surface area contributed by atoms with Gasteiger partial charge in [0.25, 0.3) is 0 Å². The number of hydrogen-bond acceptors (Lipinski definition) is 4. The average molecular weight is 244 g/mol. The Labute approximate surface area is 108 Å². The summed E-state index contributed by atoms with van der Waals surface area (Å²) in [5.41, 5.74) is 2.50. The van der Waals surface area contributed by atoms with Crippen molar-refractivity contribution in [2.75, 3.05) is 25.0 Å². The monoisotopic (exact) mass is 244 g/mol. The molecule has 0 saturated carbocycles. The second kappa shape index (κ2) is 6.36. The fourth-order valence-electron chi connectivity index (χ4n) is 2.42. The maximum absolute atomic E-state index is 8.92. The number of hydrogen-bond donors (Lipinski definition) is 2. The molecular formula is C14H20N4. The van der Waals surface area contributed by atoms with Crippen LogP contribution in [0.4, 0.5) is 5.69 Å². The zero-order valence-electron chi connectivity index (χ0n) is 10.9. The summed E-state index contributed by atoms with van der Waals surface area (Å²) in [4.78, 5) is 4.05. The lowest BCUT2D eigenvalue weighted by Gasteiger charge is -2.22. The second-order valence-electron chi connectivity index (χ2n) is 4.85. The van der Waals surface area contributed by atoms with E-state index in [2.05, 4.69) is 21.7 Å². The van der Waals surface area contributed by atoms with Crippen LogP contribution >= 0.6 is 0 Å². The third kappa shape index (κ3) is 3.21. The van der Waals surface area contributed by atoms with Gasteiger partial charge in [-0.15, -0.1) is 0 Å². The highest BCUT2D eigenvalue weighted by molar-refractivity contribution is 5.54. The van der Waals surface area contributed by atoms with E-state index in [1.54, 1.807) is 6.20 Å². The molecule has 0 amide bonds. The van der Waals surface area contributed by atoms with Crippen molar-refractivity contribution in [3.05, 3.63) is 23.5 Å². The zero-order chi connectivity index (χ0) is 12.8. The first-order valence-electron chi connectivity index (χ1n) is 6.61. The van der Waals surface area contributed by atoms with Crippen molar-refractivity contribution in [1.82, 2.24) is 10.3 Å². The van der Waals surface area contributed by atoms with E-state index < -0.39 is 0 Å². The van der Waals surface area contributed by atoms with E-state index in [1.165, 1.54) is 19.3 Å². The van der Waals surface area contributed by atoms with Crippen LogP contribution in [0.25, 0.3) is 0 Å². The first-order valence-corrected chi connectivity index (χ1v) is 6.61. The van der Waals surface area contributed by atoms with Gasteiger partial charge in [-0.25, -0.2) is 4.98 Å². The van der Waals surface area contributed by atoms with Gasteiger partial charge in [-0.1, -0.05) is 0 Å². The summed E-state index contributed by atoms with van der Waals surface area (Å²) < 4.78 is 0. The van der Waals surface area contributed by atoms with Gasteiger partial charge in [0.2, 0.25) is 0 Å². The number of nitriles is 1. The van der Waals surface area contributed by atoms with E-state index in [9.17, 15) is 0 Å². The molecule has 4 heteroatoms. The van der Waals surface area contributed by atoms with Gasteiger partial charge in [0, 0.05) is 24.0 Å². The van der Waals surface area contributed by atoms with Gasteiger partial charge in [0.1, 0.15) is 11.8 Å². The van der Waals surface area contributed by atoms with Crippen LogP contribution in [0.1, 0.15) is 30.5 Å². The minimum absolute atomic E-state index is 0.516. The van der Waals surface area contributed by atoms with Crippen LogP contribution in [0.5, 0.6) is 0 Å². The fraction of sp³-hybridized carbons (Fsp3) is 0.571. The Morgan fingerprint density at radius 1 is 1.50 bits per heavy atom. The lowest BCUT2D eigenvalue weighted by molar-refractivity contribution is 0.361. The zero-order valence-corrected chi connectivity index (χ0v) is 10.9. The highest BCUT2D eigenvalue weighted by Gasteiger charge is 2.12. The number of rotatable bonds is 4. The van der Waals surface area contributed by atoms with Crippen molar-refractivity contribution >= 4 is 5.69 Å². The molecule has 0 aromatic carbocycles. The smallest absolute Gasteiger partial charge is 0.145 e. The SMILES string of the molecule is Cc1c(NCCC2CCNCC2)ccnc1C#N. The molecule has 0 spiro atoms. The molecule has 0 radical (unpaired) electrons. The minimum Gasteiger partial charge on any atom is -0.385 e. The Morgan fingerprint density at radius 2 is 2.28 bits per heavy atom. The van der Waals surface area contributed by atoms with Crippen molar-refractivity contribution < 1.29 is 0 Å². The van der Waals surface area contributed by atoms with Crippen LogP contribution in [0.15, 0.2) is 12.3 Å². The maximum atomic E-state index is 8.92. The third-order valence-electron chi connectivity index (χ3n) is 3.64. The van der Waals surface area contributed by atoms with E-state index >= 15 is 0 Å². The molecule has 0 bridgehead atoms. The summed E-state index contributed by atoms with van der Waals surface area (Å²) in [6, 6.07) is 4.06. The van der Waals surface area contributed by atoms with Crippen LogP contribution in [0, 0.1) is 24.2 Å². The van der Waals surface area contributed by atoms with Crippen molar-refractivity contribution in [3.63, 3.8) is 0 Å². The molecule has 96 valence electrons. The van der Waals surface area contributed by atoms with Crippen LogP contribution in [0.3, 0.4) is 0 Å². The van der Waals surface area contributed by atoms with Gasteiger partial charge in [0.15, 0.2) is 0 Å². The molecule has 1 aromatic rings. The molecule has 1 fully saturated rings. The molecule has 1 aliphatic rings. The van der Waals surface area contributed by atoms with Gasteiger partial charge >= 0.3 is 0 Å². The molecule has 1 aliphatic heterocycles. The van der Waals surface area contributed by atoms with Crippen LogP contribution < -0.4 is 10.6 Å². The second-order valence-corrected chi connectivity index (χ2v) is 4.85. The van der Waals surface area contributed by atoms with Crippen LogP contribution in [0.2, 0.25) is 0 Å². The van der Waals surface area contributed by atoms with E-state index in [1.807, 2.05) is 13.0 Å². The van der Waals surface area contributed by atoms with Crippen LogP contribution in [-0.4, -0.2) is 24.6 Å². The van der Waals surface area contributed by atoms with Gasteiger partial charge < -0.3 is 10.6 Å². The molecule has 0 aliphatic carbocycles. The summed E-state index contributed by atoms with van der Waals surface area (Å²) in [6.45, 7) is 5.22. The standard InChI is InChI=1S/C14H20N4/c1-11-13(5-9-18-14(11)10-15)17-8-4-12-2-6-16-7-3-12/h5,9,12,16H,2-4,6-8H2,1H3,(H,17,18). The van der Waals surface area contributed by atoms with Gasteiger partial charge in [0.05, 0.1) is 0 Å². The van der Waals surface area contributed by atoms with Gasteiger partial charge in [-0.3, -0.25) is 0 Å². The Hall–Kier alpha value is -1.60. The Balaban J connectivity index is 1.84. The predicted molar refractivity (Wildman–Crippen MR) is 72.4 cm³/mol. The molecule has 1 saturated heterocycles. The molecular weight excluding hydrogens is 224 g/mol. The van der Waals surface area contributed by atoms with Crippen molar-refractivity contribution in [2.45, 2.75) is 26.2 Å². The quantitative estimate of drug-likeness (QED) is 0.851. The van der Waals surface area contributed by atoms with Gasteiger partial charge in [-0.2, -0.15) is 5.26 Å². The number of anilines is 1. The van der Waals surface area contributed by atoms with Crippen molar-refractivity contribution in [3.8, 4) is 6.07 Å². The summed E-state index contributed by atoms with van der Waals surface area (Å²) in [6.07, 6.45) is 5.45. The average Bonchev–Trinajstić information content (AvgIpc) is 2.42. The number of pyridine rings is 1. The predicted octanol–water partition coefficient (Wildman–Crippen LogP) is 2.06. The lowest BCUT2D eigenvalue weighted by Crippen LogP contribution is -2.28. The summed E-state index contributed by atoms with van der Waals surface area (Å²) in [5.74, 6) is 0.830. The van der Waals surface area contributed by atoms with Gasteiger partial charge in [-0.05, 0) is 51.3 Å². The lowest BCUT2D eigenvalue weighted by atomic mass is 9.95. The summed E-state index contributed by atoms with van der Waals surface area (Å²) >= 11 is 0. The highest BCUT2D eigenvalue weighted by atomic mass is 14.9. The Morgan fingerprint density at radius 3 is 3.00 bits per heavy atom. The molecule has 0 unspecified atom stereocenters. The molecule has 0 atom stereocenters. The topological polar surface area (TPSA) is 60.7 Å². The molecule has 1 aromatic heterocycles. The van der Waals surface area contributed by atoms with E-state index in [4.69, 9.17) is 5.26 Å². The maximum Gasteiger partial charge on any atom is 0.145 e. The van der Waals surface area contributed by atoms with E-state index in [0.29, 0.717) is 5.69 Å². The van der Waals surface area contributed by atoms with E-state index in [0.717, 1.165) is 36.8 Å². The van der Waals surface area contributed by atoms with E-state index in [-0.39, 0.29) is 0 Å². The number of piperidine rings is 1. The van der Waals surface area contributed by atoms with Crippen LogP contribution in [-0.2, 0) is 0 Å². The molecule has 2 rings (SSSR count). The number of nitrogens with zero attached hydrogens (tertiary/aromatic N) is 2. The van der Waals surface area contributed by atoms with Crippen molar-refractivity contribution in [1.29, 1.82) is 5.26 Å². The Bertz CT molecular complexity index is 430. The number of nitrogens with one attached hydrogen (secondary N) is 2. The Kier molecular flexibility index (Phi) is 4.54. The number of aromatic nitrogens is 1. The van der Waals surface area contributed by atoms with Crippen molar-refractivity contribution in [2.24, 2.45) is 5.92 Å². The first-order chi connectivity index (χ1) is 8.81. The normalized spacial score (nSPS) is 16.2. The highest BCUT2D eigenvalue weighted by Crippen LogP contribution is 2.19. The third-order valence-corrected chi connectivity index (χ3v) is 3.64. The summed E-state index contributed by atoms with van der Waals surface area (Å²) in [5, 5.41) is 15.7. The molecule has 4 nitrogen and oxygen atoms in total.